The Morgan fingerprint density at radius 1 is 1.13 bits per heavy atom. The van der Waals surface area contributed by atoms with Crippen molar-refractivity contribution >= 4 is 10.2 Å². The summed E-state index contributed by atoms with van der Waals surface area (Å²) >= 11 is 0. The number of nitrogens with one attached hydrogen (secondary N) is 1. The maximum atomic E-state index is 11.9. The van der Waals surface area contributed by atoms with Crippen molar-refractivity contribution in [3.05, 3.63) is 0 Å². The highest BCUT2D eigenvalue weighted by Gasteiger charge is 2.28. The minimum absolute atomic E-state index is 0.132. The molecule has 0 aliphatic carbocycles. The monoisotopic (exact) mass is 235 g/mol. The van der Waals surface area contributed by atoms with E-state index >= 15 is 0 Å². The van der Waals surface area contributed by atoms with Crippen LogP contribution in [-0.2, 0) is 10.2 Å². The summed E-state index contributed by atoms with van der Waals surface area (Å²) in [7, 11) is 1.56. The van der Waals surface area contributed by atoms with Gasteiger partial charge >= 0.3 is 0 Å². The van der Waals surface area contributed by atoms with E-state index in [0.29, 0.717) is 0 Å². The van der Waals surface area contributed by atoms with Gasteiger partial charge in [-0.2, -0.15) is 17.0 Å². The van der Waals surface area contributed by atoms with Crippen LogP contribution >= 0.6 is 0 Å². The molecule has 1 atom stereocenters. The molecule has 1 fully saturated rings. The van der Waals surface area contributed by atoms with E-state index in [4.69, 9.17) is 0 Å². The molecule has 0 radical (unpaired) electrons. The predicted octanol–water partition coefficient (Wildman–Crippen LogP) is -0.133. The van der Waals surface area contributed by atoms with Gasteiger partial charge in [0.15, 0.2) is 0 Å². The van der Waals surface area contributed by atoms with Crippen LogP contribution in [-0.4, -0.2) is 57.3 Å². The summed E-state index contributed by atoms with van der Waals surface area (Å²) in [6.45, 7) is 1.89. The second-order valence-electron chi connectivity index (χ2n) is 4.14. The van der Waals surface area contributed by atoms with E-state index in [0.717, 1.165) is 32.4 Å². The molecule has 0 aromatic carbocycles. The zero-order valence-electron chi connectivity index (χ0n) is 9.73. The molecule has 90 valence electrons. The van der Waals surface area contributed by atoms with Gasteiger partial charge in [-0.25, -0.2) is 0 Å². The van der Waals surface area contributed by atoms with E-state index < -0.39 is 10.2 Å². The first-order valence-corrected chi connectivity index (χ1v) is 6.72. The van der Waals surface area contributed by atoms with Crippen molar-refractivity contribution in [3.8, 4) is 0 Å². The molecule has 0 aromatic rings. The van der Waals surface area contributed by atoms with E-state index in [1.165, 1.54) is 8.61 Å². The summed E-state index contributed by atoms with van der Waals surface area (Å²) in [5.74, 6) is 0. The van der Waals surface area contributed by atoms with Gasteiger partial charge in [-0.1, -0.05) is 0 Å². The fourth-order valence-corrected chi connectivity index (χ4v) is 2.91. The third-order valence-corrected chi connectivity index (χ3v) is 4.83. The van der Waals surface area contributed by atoms with Crippen molar-refractivity contribution < 1.29 is 8.42 Å². The summed E-state index contributed by atoms with van der Waals surface area (Å²) < 4.78 is 26.5. The van der Waals surface area contributed by atoms with Crippen LogP contribution in [0, 0.1) is 0 Å². The van der Waals surface area contributed by atoms with Gasteiger partial charge < -0.3 is 5.32 Å². The fraction of sp³-hybridized carbons (Fsp3) is 1.00. The molecule has 6 heteroatoms. The molecule has 15 heavy (non-hydrogen) atoms. The molecule has 1 rings (SSSR count). The van der Waals surface area contributed by atoms with Crippen LogP contribution < -0.4 is 5.32 Å². The van der Waals surface area contributed by atoms with Crippen LogP contribution in [0.15, 0.2) is 0 Å². The van der Waals surface area contributed by atoms with Gasteiger partial charge in [-0.05, 0) is 32.4 Å². The number of hydrogen-bond donors (Lipinski definition) is 1. The van der Waals surface area contributed by atoms with Crippen molar-refractivity contribution in [3.63, 3.8) is 0 Å². The Kier molecular flexibility index (Phi) is 4.51. The van der Waals surface area contributed by atoms with Crippen LogP contribution in [0.4, 0.5) is 0 Å². The third-order valence-electron chi connectivity index (χ3n) is 2.88. The zero-order chi connectivity index (χ0) is 11.5. The number of rotatable bonds is 3. The molecule has 0 amide bonds. The summed E-state index contributed by atoms with van der Waals surface area (Å²) in [4.78, 5) is 0. The topological polar surface area (TPSA) is 52.7 Å². The van der Waals surface area contributed by atoms with E-state index in [2.05, 4.69) is 5.32 Å². The highest BCUT2D eigenvalue weighted by atomic mass is 32.2. The average Bonchev–Trinajstić information content (AvgIpc) is 2.44. The summed E-state index contributed by atoms with van der Waals surface area (Å²) in [5, 5.41) is 3.28. The second-order valence-corrected chi connectivity index (χ2v) is 6.34. The normalized spacial score (nSPS) is 24.5. The molecular formula is C9H21N3O2S. The molecule has 1 aliphatic heterocycles. The van der Waals surface area contributed by atoms with E-state index in [1.54, 1.807) is 21.1 Å². The average molecular weight is 235 g/mol. The fourth-order valence-electron chi connectivity index (χ4n) is 1.81. The Hall–Kier alpha value is -0.170. The van der Waals surface area contributed by atoms with Crippen molar-refractivity contribution in [1.82, 2.24) is 13.9 Å². The second kappa shape index (κ2) is 5.25. The molecule has 1 heterocycles. The van der Waals surface area contributed by atoms with Gasteiger partial charge in [0.25, 0.3) is 10.2 Å². The quantitative estimate of drug-likeness (QED) is 0.741. The highest BCUT2D eigenvalue weighted by Crippen LogP contribution is 2.16. The van der Waals surface area contributed by atoms with Crippen molar-refractivity contribution in [2.24, 2.45) is 0 Å². The summed E-state index contributed by atoms with van der Waals surface area (Å²) in [6.07, 6.45) is 2.87. The minimum atomic E-state index is -3.25. The smallest absolute Gasteiger partial charge is 0.281 e. The lowest BCUT2D eigenvalue weighted by Gasteiger charge is -2.28. The van der Waals surface area contributed by atoms with Crippen molar-refractivity contribution in [2.45, 2.75) is 25.3 Å². The third kappa shape index (κ3) is 3.14. The molecule has 0 saturated carbocycles. The Morgan fingerprint density at radius 3 is 2.40 bits per heavy atom. The Morgan fingerprint density at radius 2 is 1.80 bits per heavy atom. The van der Waals surface area contributed by atoms with Crippen LogP contribution in [0.1, 0.15) is 19.3 Å². The molecular weight excluding hydrogens is 214 g/mol. The van der Waals surface area contributed by atoms with E-state index in [9.17, 15) is 8.42 Å². The van der Waals surface area contributed by atoms with Gasteiger partial charge in [-0.15, -0.1) is 0 Å². The highest BCUT2D eigenvalue weighted by molar-refractivity contribution is 7.86. The molecule has 0 aromatic heterocycles. The van der Waals surface area contributed by atoms with Gasteiger partial charge in [0.2, 0.25) is 0 Å². The van der Waals surface area contributed by atoms with Gasteiger partial charge in [0.05, 0.1) is 0 Å². The number of hydrogen-bond acceptors (Lipinski definition) is 3. The molecule has 1 aliphatic rings. The standard InChI is InChI=1S/C9H21N3O2S/c1-11(2)15(13,14)12(3)9-5-4-7-10-8-6-9/h9-10H,4-8H2,1-3H3. The SMILES string of the molecule is CN(C)S(=O)(=O)N(C)C1CCCNCC1. The molecule has 5 nitrogen and oxygen atoms in total. The Labute approximate surface area is 92.6 Å². The van der Waals surface area contributed by atoms with Crippen LogP contribution in [0.25, 0.3) is 0 Å². The molecule has 0 spiro atoms. The molecule has 0 bridgehead atoms. The first-order chi connectivity index (χ1) is 6.96. The number of nitrogens with zero attached hydrogens (tertiary/aromatic N) is 2. The maximum absolute atomic E-state index is 11.9. The lowest BCUT2D eigenvalue weighted by molar-refractivity contribution is 0.320. The summed E-state index contributed by atoms with van der Waals surface area (Å²) in [6, 6.07) is 0.132. The van der Waals surface area contributed by atoms with E-state index in [-0.39, 0.29) is 6.04 Å². The van der Waals surface area contributed by atoms with Gasteiger partial charge in [0.1, 0.15) is 0 Å². The van der Waals surface area contributed by atoms with Gasteiger partial charge in [0, 0.05) is 27.2 Å². The van der Waals surface area contributed by atoms with Crippen molar-refractivity contribution in [1.29, 1.82) is 0 Å². The lowest BCUT2D eigenvalue weighted by atomic mass is 10.1. The maximum Gasteiger partial charge on any atom is 0.281 e. The van der Waals surface area contributed by atoms with Crippen molar-refractivity contribution in [2.75, 3.05) is 34.2 Å². The predicted molar refractivity (Wildman–Crippen MR) is 60.9 cm³/mol. The lowest BCUT2D eigenvalue weighted by Crippen LogP contribution is -2.43. The zero-order valence-corrected chi connectivity index (χ0v) is 10.5. The molecule has 1 saturated heterocycles. The Bertz CT molecular complexity index is 282. The largest absolute Gasteiger partial charge is 0.317 e. The molecule has 1 unspecified atom stereocenters. The first kappa shape index (κ1) is 12.9. The van der Waals surface area contributed by atoms with Crippen LogP contribution in [0.2, 0.25) is 0 Å². The minimum Gasteiger partial charge on any atom is -0.317 e. The van der Waals surface area contributed by atoms with Gasteiger partial charge in [-0.3, -0.25) is 0 Å². The van der Waals surface area contributed by atoms with E-state index in [1.807, 2.05) is 0 Å². The van der Waals surface area contributed by atoms with Crippen LogP contribution in [0.5, 0.6) is 0 Å². The summed E-state index contributed by atoms with van der Waals surface area (Å²) in [5.41, 5.74) is 0. The first-order valence-electron chi connectivity index (χ1n) is 5.32. The van der Waals surface area contributed by atoms with Crippen LogP contribution in [0.3, 0.4) is 0 Å². The Balaban J connectivity index is 2.69. The molecule has 1 N–H and O–H groups in total.